The van der Waals surface area contributed by atoms with Crippen LogP contribution in [0.1, 0.15) is 175 Å². The zero-order chi connectivity index (χ0) is 78.6. The molecule has 3 aliphatic rings. The normalized spacial score (nSPS) is 22.2. The summed E-state index contributed by atoms with van der Waals surface area (Å²) in [7, 11) is 0. The standard InChI is InChI=1S/3C24H26N4O2/c3*1-5-13-26-20-11-10-17-18(20)7-6-8-19(17)23-27-24(30-28-23)16-9-12-22(29-15(2)3)21(14-16)25-4/h3*6-9,12,14-15,20,26H,5,10-11,13H2,1-3H3/t3*20-/m000/s1/i11D2,13D2,15D,20D;5D2,11D2,13D2,15D;11D2,15D,20D. The van der Waals surface area contributed by atoms with Gasteiger partial charge in [0.2, 0.25) is 34.5 Å². The second kappa shape index (κ2) is 29.7. The van der Waals surface area contributed by atoms with Gasteiger partial charge in [-0.15, -0.1) is 0 Å². The fourth-order valence-electron chi connectivity index (χ4n) is 10.0. The lowest BCUT2D eigenvalue weighted by Crippen LogP contribution is -2.19. The largest absolute Gasteiger partial charge is 0.502 e. The van der Waals surface area contributed by atoms with Crippen molar-refractivity contribution in [1.82, 2.24) is 46.4 Å². The first-order valence-electron chi connectivity index (χ1n) is 37.5. The third kappa shape index (κ3) is 14.6. The van der Waals surface area contributed by atoms with Gasteiger partial charge in [0.05, 0.1) is 44.8 Å². The van der Waals surface area contributed by atoms with Crippen LogP contribution in [0.15, 0.2) is 123 Å². The number of rotatable bonds is 21. The van der Waals surface area contributed by atoms with E-state index in [2.05, 4.69) is 60.9 Å². The molecule has 0 unspecified atom stereocenters. The number of benzene rings is 6. The second-order valence-corrected chi connectivity index (χ2v) is 21.1. The molecule has 0 saturated carbocycles. The minimum Gasteiger partial charge on any atom is -0.502 e. The molecule has 3 aliphatic carbocycles. The molecule has 0 saturated heterocycles. The van der Waals surface area contributed by atoms with Crippen molar-refractivity contribution >= 4 is 17.1 Å². The van der Waals surface area contributed by atoms with Crippen LogP contribution in [-0.2, 0) is 19.3 Å². The SMILES string of the molecule is [2H]C(C)(C)Oc1ccc(-c2nc(-c3cccc4c3CC([2H])([2H])[C@@H]4NC([2H])([2H])C([2H])([2H])C)no2)cc1[N+]#[C-].[2H]C(C)(C)Oc1ccc(-c2nc(-c3cccc4c3CC([2H])([2H])[C@]4([2H])NCCC)no2)cc1[N+]#[C-].[2H]C([2H])(CC)N[C@]1([2H])c2cccc(-c3noc(-c4ccc(OC([2H])(C)C)c([N+]#[C-])c4)n3)c2CC1([2H])[2H]. The molecule has 3 atom stereocenters. The van der Waals surface area contributed by atoms with Crippen molar-refractivity contribution in [3.8, 4) is 85.8 Å². The molecule has 3 aromatic heterocycles. The predicted molar refractivity (Wildman–Crippen MR) is 350 cm³/mol. The Labute approximate surface area is 551 Å². The maximum atomic E-state index is 8.91. The Bertz CT molecular complexity index is 4940. The molecule has 0 spiro atoms. The first-order chi connectivity index (χ1) is 49.7. The quantitative estimate of drug-likeness (QED) is 0.0575. The topological polar surface area (TPSA) is 194 Å². The molecule has 3 heterocycles. The van der Waals surface area contributed by atoms with Gasteiger partial charge in [-0.3, -0.25) is 0 Å². The van der Waals surface area contributed by atoms with E-state index in [9.17, 15) is 0 Å². The van der Waals surface area contributed by atoms with Crippen LogP contribution in [0, 0.1) is 19.7 Å². The van der Waals surface area contributed by atoms with Crippen molar-refractivity contribution in [3.63, 3.8) is 0 Å². The van der Waals surface area contributed by atoms with Crippen molar-refractivity contribution in [2.45, 2.75) is 156 Å². The van der Waals surface area contributed by atoms with E-state index in [1.165, 1.54) is 12.1 Å². The average molecular weight is 1220 g/mol. The second-order valence-electron chi connectivity index (χ2n) is 21.1. The number of hydrogen-bond acceptors (Lipinski definition) is 15. The molecule has 0 fully saturated rings. The lowest BCUT2D eigenvalue weighted by molar-refractivity contribution is 0.244. The van der Waals surface area contributed by atoms with Crippen LogP contribution in [-0.4, -0.2) is 68.2 Å². The van der Waals surface area contributed by atoms with Crippen molar-refractivity contribution in [2.75, 3.05) is 19.5 Å². The van der Waals surface area contributed by atoms with Crippen LogP contribution in [0.5, 0.6) is 17.2 Å². The highest BCUT2D eigenvalue weighted by Crippen LogP contribution is 2.42. The van der Waals surface area contributed by atoms with Gasteiger partial charge in [0.25, 0.3) is 17.7 Å². The number of hydrogen-bond donors (Lipinski definition) is 3. The maximum absolute atomic E-state index is 8.91. The summed E-state index contributed by atoms with van der Waals surface area (Å²) in [5.41, 5.74) is 6.86. The zero-order valence-corrected chi connectivity index (χ0v) is 51.2. The van der Waals surface area contributed by atoms with Gasteiger partial charge in [-0.2, -0.15) is 15.0 Å². The average Bonchev–Trinajstić information content (AvgIpc) is 1.58. The minimum absolute atomic E-state index is 0.0550. The van der Waals surface area contributed by atoms with E-state index in [0.717, 1.165) is 13.3 Å². The Balaban J connectivity index is 0.000000172. The van der Waals surface area contributed by atoms with Crippen LogP contribution in [0.25, 0.3) is 83.1 Å². The number of aromatic nitrogens is 6. The molecule has 12 rings (SSSR count). The van der Waals surface area contributed by atoms with E-state index < -0.39 is 74.8 Å². The summed E-state index contributed by atoms with van der Waals surface area (Å²) in [5.74, 6) is 2.00. The van der Waals surface area contributed by atoms with E-state index in [1.807, 2.05) is 6.92 Å². The summed E-state index contributed by atoms with van der Waals surface area (Å²) in [4.78, 5) is 23.9. The van der Waals surface area contributed by atoms with Gasteiger partial charge in [0.1, 0.15) is 17.2 Å². The van der Waals surface area contributed by atoms with Gasteiger partial charge in [0, 0.05) is 67.9 Å². The Morgan fingerprint density at radius 3 is 1.29 bits per heavy atom. The monoisotopic (exact) mass is 1220 g/mol. The summed E-state index contributed by atoms with van der Waals surface area (Å²) in [6, 6.07) is 25.1. The molecule has 18 heteroatoms. The smallest absolute Gasteiger partial charge is 0.256 e. The van der Waals surface area contributed by atoms with Gasteiger partial charge in [-0.1, -0.05) is 90.8 Å². The fourth-order valence-corrected chi connectivity index (χ4v) is 10.0. The van der Waals surface area contributed by atoms with E-state index >= 15 is 0 Å². The molecule has 0 bridgehead atoms. The summed E-state index contributed by atoms with van der Waals surface area (Å²) in [6.07, 6.45) is -10.9. The highest BCUT2D eigenvalue weighted by Gasteiger charge is 2.30. The minimum atomic E-state index is -2.48. The van der Waals surface area contributed by atoms with E-state index in [-0.39, 0.29) is 83.6 Å². The first kappa shape index (κ1) is 44.8. The Morgan fingerprint density at radius 2 is 0.911 bits per heavy atom. The highest BCUT2D eigenvalue weighted by molar-refractivity contribution is 5.74. The van der Waals surface area contributed by atoms with Crippen molar-refractivity contribution in [1.29, 1.82) is 0 Å². The fraction of sp³-hybridized carbons (Fsp3) is 0.375. The highest BCUT2D eigenvalue weighted by atomic mass is 16.5. The number of nitrogens with zero attached hydrogens (tertiary/aromatic N) is 9. The number of fused-ring (bicyclic) bond motifs is 3. The Hall–Kier alpha value is -9.51. The lowest BCUT2D eigenvalue weighted by atomic mass is 10.0. The number of nitrogens with one attached hydrogen (secondary N) is 3. The van der Waals surface area contributed by atoms with Gasteiger partial charge in [-0.25, -0.2) is 14.5 Å². The summed E-state index contributed by atoms with van der Waals surface area (Å²) >= 11 is 0. The van der Waals surface area contributed by atoms with Crippen molar-refractivity contribution in [2.24, 2.45) is 0 Å². The van der Waals surface area contributed by atoms with Crippen LogP contribution in [0.3, 0.4) is 0 Å². The third-order valence-electron chi connectivity index (χ3n) is 14.0. The molecule has 90 heavy (non-hydrogen) atoms. The van der Waals surface area contributed by atoms with Gasteiger partial charge in [-0.05, 0) is 207 Å². The molecular formula is C72H78N12O6. The van der Waals surface area contributed by atoms with E-state index in [1.54, 1.807) is 146 Å². The zero-order valence-electron chi connectivity index (χ0n) is 68.2. The molecular weight excluding hydrogens is 1130 g/mol. The molecule has 0 radical (unpaired) electrons. The maximum Gasteiger partial charge on any atom is 0.256 e. The van der Waals surface area contributed by atoms with Crippen molar-refractivity contribution < 1.29 is 51.1 Å². The molecule has 18 nitrogen and oxygen atoms in total. The molecule has 6 aromatic carbocycles. The molecule has 462 valence electrons. The van der Waals surface area contributed by atoms with Crippen molar-refractivity contribution in [3.05, 3.63) is 177 Å². The van der Waals surface area contributed by atoms with Gasteiger partial charge >= 0.3 is 0 Å². The van der Waals surface area contributed by atoms with Crippen LogP contribution in [0.2, 0.25) is 0 Å². The molecule has 0 aliphatic heterocycles. The van der Waals surface area contributed by atoms with Gasteiger partial charge < -0.3 is 43.7 Å². The lowest BCUT2D eigenvalue weighted by Gasteiger charge is -2.13. The summed E-state index contributed by atoms with van der Waals surface area (Å²) in [6.45, 7) is 32.6. The Kier molecular flexibility index (Phi) is 14.8. The predicted octanol–water partition coefficient (Wildman–Crippen LogP) is 17.2. The Morgan fingerprint density at radius 1 is 0.522 bits per heavy atom. The third-order valence-corrected chi connectivity index (χ3v) is 14.0. The van der Waals surface area contributed by atoms with E-state index in [0.29, 0.717) is 84.9 Å². The van der Waals surface area contributed by atoms with Crippen LogP contribution < -0.4 is 30.2 Å². The number of ether oxygens (including phenoxy) is 3. The molecule has 0 amide bonds. The molecule has 3 N–H and O–H groups in total. The summed E-state index contributed by atoms with van der Waals surface area (Å²) in [5, 5.41) is 20.4. The van der Waals surface area contributed by atoms with Crippen LogP contribution in [0.4, 0.5) is 17.1 Å². The molecule has 9 aromatic rings. The van der Waals surface area contributed by atoms with Gasteiger partial charge in [0.15, 0.2) is 0 Å². The van der Waals surface area contributed by atoms with Crippen LogP contribution >= 0.6 is 0 Å². The summed E-state index contributed by atoms with van der Waals surface area (Å²) < 4.78 is 174. The first-order valence-corrected chi connectivity index (χ1v) is 29.0. The van der Waals surface area contributed by atoms with E-state index in [4.69, 9.17) is 70.8 Å².